The minimum Gasteiger partial charge on any atom is -0.461 e. The number of hydrogen-bond acceptors (Lipinski definition) is 2. The van der Waals surface area contributed by atoms with Gasteiger partial charge in [-0.3, -0.25) is 0 Å². The molecule has 0 saturated heterocycles. The lowest BCUT2D eigenvalue weighted by Crippen LogP contribution is -2.07. The number of esters is 1. The minimum atomic E-state index is -0.295. The van der Waals surface area contributed by atoms with E-state index in [-0.39, 0.29) is 5.97 Å². The highest BCUT2D eigenvalue weighted by atomic mass is 16.5. The van der Waals surface area contributed by atoms with E-state index in [4.69, 9.17) is 4.74 Å². The summed E-state index contributed by atoms with van der Waals surface area (Å²) in [5.41, 5.74) is 3.68. The molecule has 0 saturated carbocycles. The molecule has 2 heterocycles. The maximum absolute atomic E-state index is 12.1. The van der Waals surface area contributed by atoms with Gasteiger partial charge in [0.25, 0.3) is 0 Å². The van der Waals surface area contributed by atoms with Crippen molar-refractivity contribution in [2.75, 3.05) is 6.61 Å². The Balaban J connectivity index is 2.22. The van der Waals surface area contributed by atoms with Crippen LogP contribution in [0.3, 0.4) is 0 Å². The predicted octanol–water partition coefficient (Wildman–Crippen LogP) is 3.78. The third-order valence-corrected chi connectivity index (χ3v) is 3.25. The summed E-state index contributed by atoms with van der Waals surface area (Å²) in [6.45, 7) is 2.19. The molecule has 0 spiro atoms. The molecule has 0 aliphatic rings. The second-order valence-electron chi connectivity index (χ2n) is 4.49. The van der Waals surface area contributed by atoms with Crippen LogP contribution in [-0.2, 0) is 4.74 Å². The zero-order valence-corrected chi connectivity index (χ0v) is 11.2. The van der Waals surface area contributed by atoms with Crippen LogP contribution in [0.5, 0.6) is 0 Å². The number of carbonyl (C=O) groups is 1. The number of rotatable bonds is 3. The molecule has 3 aromatic rings. The summed E-state index contributed by atoms with van der Waals surface area (Å²) in [5.74, 6) is -0.295. The van der Waals surface area contributed by atoms with E-state index in [2.05, 4.69) is 0 Å². The number of carbonyl (C=O) groups excluding carboxylic acids is 1. The van der Waals surface area contributed by atoms with Crippen molar-refractivity contribution in [2.45, 2.75) is 6.92 Å². The Morgan fingerprint density at radius 1 is 1.10 bits per heavy atom. The molecule has 3 heteroatoms. The van der Waals surface area contributed by atoms with Crippen LogP contribution in [0.25, 0.3) is 16.6 Å². The van der Waals surface area contributed by atoms with E-state index in [9.17, 15) is 4.79 Å². The van der Waals surface area contributed by atoms with Crippen LogP contribution < -0.4 is 0 Å². The predicted molar refractivity (Wildman–Crippen MR) is 78.8 cm³/mol. The lowest BCUT2D eigenvalue weighted by molar-refractivity contribution is 0.0518. The van der Waals surface area contributed by atoms with Crippen molar-refractivity contribution in [1.29, 1.82) is 0 Å². The Bertz CT molecular complexity index is 744. The van der Waals surface area contributed by atoms with E-state index in [1.807, 2.05) is 72.1 Å². The maximum Gasteiger partial charge on any atom is 0.355 e. The molecule has 3 nitrogen and oxygen atoms in total. The zero-order chi connectivity index (χ0) is 13.9. The number of nitrogens with zero attached hydrogens (tertiary/aromatic N) is 1. The second kappa shape index (κ2) is 5.21. The average molecular weight is 265 g/mol. The molecule has 0 aliphatic carbocycles. The normalized spacial score (nSPS) is 10.7. The number of benzene rings is 1. The zero-order valence-electron chi connectivity index (χ0n) is 11.2. The van der Waals surface area contributed by atoms with Crippen molar-refractivity contribution in [3.8, 4) is 11.1 Å². The van der Waals surface area contributed by atoms with Gasteiger partial charge in [0.1, 0.15) is 5.69 Å². The van der Waals surface area contributed by atoms with E-state index in [0.717, 1.165) is 16.6 Å². The monoisotopic (exact) mass is 265 g/mol. The second-order valence-corrected chi connectivity index (χ2v) is 4.49. The molecule has 20 heavy (non-hydrogen) atoms. The van der Waals surface area contributed by atoms with E-state index in [1.165, 1.54) is 0 Å². The highest BCUT2D eigenvalue weighted by molar-refractivity contribution is 5.95. The van der Waals surface area contributed by atoms with E-state index in [0.29, 0.717) is 12.3 Å². The van der Waals surface area contributed by atoms with Crippen LogP contribution in [0.1, 0.15) is 17.4 Å². The van der Waals surface area contributed by atoms with Crippen LogP contribution in [-0.4, -0.2) is 17.0 Å². The fourth-order valence-electron chi connectivity index (χ4n) is 2.36. The number of hydrogen-bond donors (Lipinski definition) is 0. The van der Waals surface area contributed by atoms with Crippen LogP contribution >= 0.6 is 0 Å². The van der Waals surface area contributed by atoms with Gasteiger partial charge < -0.3 is 9.14 Å². The lowest BCUT2D eigenvalue weighted by Gasteiger charge is -2.02. The number of aromatic nitrogens is 1. The largest absolute Gasteiger partial charge is 0.461 e. The molecule has 0 aliphatic heterocycles. The smallest absolute Gasteiger partial charge is 0.355 e. The van der Waals surface area contributed by atoms with Gasteiger partial charge in [-0.2, -0.15) is 0 Å². The Labute approximate surface area is 117 Å². The lowest BCUT2D eigenvalue weighted by atomic mass is 10.1. The highest BCUT2D eigenvalue weighted by Gasteiger charge is 2.16. The Kier molecular flexibility index (Phi) is 3.25. The Morgan fingerprint density at radius 3 is 2.60 bits per heavy atom. The summed E-state index contributed by atoms with van der Waals surface area (Å²) >= 11 is 0. The first kappa shape index (κ1) is 12.5. The average Bonchev–Trinajstić information content (AvgIpc) is 2.88. The first-order chi connectivity index (χ1) is 9.81. The van der Waals surface area contributed by atoms with Gasteiger partial charge in [0, 0.05) is 11.8 Å². The summed E-state index contributed by atoms with van der Waals surface area (Å²) in [6, 6.07) is 17.8. The standard InChI is InChI=1S/C17H15NO2/c1-2-20-17(19)16-12-14(13-8-4-3-5-9-13)15-10-6-7-11-18(15)16/h3-12H,2H2,1H3. The molecule has 3 rings (SSSR count). The number of ether oxygens (including phenoxy) is 1. The van der Waals surface area contributed by atoms with Crippen LogP contribution in [0.4, 0.5) is 0 Å². The number of pyridine rings is 1. The van der Waals surface area contributed by atoms with Crippen molar-refractivity contribution in [1.82, 2.24) is 4.40 Å². The van der Waals surface area contributed by atoms with Crippen LogP contribution in [0.15, 0.2) is 60.8 Å². The van der Waals surface area contributed by atoms with Gasteiger partial charge in [0.05, 0.1) is 12.1 Å². The van der Waals surface area contributed by atoms with E-state index in [1.54, 1.807) is 0 Å². The fourth-order valence-corrected chi connectivity index (χ4v) is 2.36. The molecule has 2 aromatic heterocycles. The molecule has 0 fully saturated rings. The topological polar surface area (TPSA) is 30.7 Å². The van der Waals surface area contributed by atoms with Crippen molar-refractivity contribution < 1.29 is 9.53 Å². The molecule has 1 aromatic carbocycles. The minimum absolute atomic E-state index is 0.295. The van der Waals surface area contributed by atoms with Crippen LogP contribution in [0.2, 0.25) is 0 Å². The van der Waals surface area contributed by atoms with Gasteiger partial charge in [0.2, 0.25) is 0 Å². The highest BCUT2D eigenvalue weighted by Crippen LogP contribution is 2.28. The molecule has 0 amide bonds. The van der Waals surface area contributed by atoms with Gasteiger partial charge in [0.15, 0.2) is 0 Å². The van der Waals surface area contributed by atoms with Gasteiger partial charge in [-0.1, -0.05) is 36.4 Å². The Hall–Kier alpha value is -2.55. The molecule has 0 atom stereocenters. The summed E-state index contributed by atoms with van der Waals surface area (Å²) < 4.78 is 7.00. The quantitative estimate of drug-likeness (QED) is 0.675. The molecule has 0 unspecified atom stereocenters. The van der Waals surface area contributed by atoms with Crippen molar-refractivity contribution in [2.24, 2.45) is 0 Å². The van der Waals surface area contributed by atoms with Gasteiger partial charge in [-0.05, 0) is 30.7 Å². The van der Waals surface area contributed by atoms with Gasteiger partial charge in [-0.15, -0.1) is 0 Å². The van der Waals surface area contributed by atoms with Crippen molar-refractivity contribution in [3.63, 3.8) is 0 Å². The molecule has 0 bridgehead atoms. The number of fused-ring (bicyclic) bond motifs is 1. The third kappa shape index (κ3) is 2.07. The first-order valence-electron chi connectivity index (χ1n) is 6.64. The summed E-state index contributed by atoms with van der Waals surface area (Å²) in [6.07, 6.45) is 1.88. The summed E-state index contributed by atoms with van der Waals surface area (Å²) in [7, 11) is 0. The van der Waals surface area contributed by atoms with E-state index < -0.39 is 0 Å². The fraction of sp³-hybridized carbons (Fsp3) is 0.118. The van der Waals surface area contributed by atoms with E-state index >= 15 is 0 Å². The molecular weight excluding hydrogens is 250 g/mol. The summed E-state index contributed by atoms with van der Waals surface area (Å²) in [4.78, 5) is 12.1. The first-order valence-corrected chi connectivity index (χ1v) is 6.64. The molecule has 0 N–H and O–H groups in total. The maximum atomic E-state index is 12.1. The van der Waals surface area contributed by atoms with Gasteiger partial charge in [-0.25, -0.2) is 4.79 Å². The summed E-state index contributed by atoms with van der Waals surface area (Å²) in [5, 5.41) is 0. The SMILES string of the molecule is CCOC(=O)c1cc(-c2ccccc2)c2ccccn12. The Morgan fingerprint density at radius 2 is 1.85 bits per heavy atom. The molecule has 100 valence electrons. The molecular formula is C17H15NO2. The van der Waals surface area contributed by atoms with Crippen LogP contribution in [0, 0.1) is 0 Å². The molecule has 0 radical (unpaired) electrons. The van der Waals surface area contributed by atoms with Crippen molar-refractivity contribution in [3.05, 3.63) is 66.5 Å². The van der Waals surface area contributed by atoms with Gasteiger partial charge >= 0.3 is 5.97 Å². The third-order valence-electron chi connectivity index (χ3n) is 3.25. The van der Waals surface area contributed by atoms with Crippen molar-refractivity contribution >= 4 is 11.5 Å².